The Kier molecular flexibility index (Phi) is 2.10. The number of nitrogens with one attached hydrogen (secondary N) is 1. The molecule has 0 atom stereocenters. The molecular formula is C11H6ClN5. The number of aromatic nitrogens is 4. The topological polar surface area (TPSA) is 50.9 Å². The predicted molar refractivity (Wildman–Crippen MR) is 64.5 cm³/mol. The summed E-state index contributed by atoms with van der Waals surface area (Å²) < 4.78 is 1.83. The van der Waals surface area contributed by atoms with Crippen molar-refractivity contribution in [1.82, 2.24) is 19.5 Å². The molecule has 3 aromatic rings. The first-order valence-corrected chi connectivity index (χ1v) is 5.22. The number of imidazole rings is 1. The van der Waals surface area contributed by atoms with Crippen LogP contribution in [0.1, 0.15) is 0 Å². The molecule has 0 saturated carbocycles. The van der Waals surface area contributed by atoms with Crippen LogP contribution in [0.15, 0.2) is 30.7 Å². The van der Waals surface area contributed by atoms with Gasteiger partial charge in [-0.25, -0.2) is 9.97 Å². The summed E-state index contributed by atoms with van der Waals surface area (Å²) >= 11 is 5.99. The molecule has 0 aliphatic carbocycles. The van der Waals surface area contributed by atoms with Gasteiger partial charge in [0.15, 0.2) is 0 Å². The SMILES string of the molecule is [C-]#[N+]c1cnc(-n2ccc3c(Cl)nccc32)[nH]1. The summed E-state index contributed by atoms with van der Waals surface area (Å²) in [5.74, 6) is 0.996. The zero-order valence-electron chi connectivity index (χ0n) is 8.55. The third-order valence-electron chi connectivity index (χ3n) is 2.47. The average Bonchev–Trinajstić information content (AvgIpc) is 2.94. The van der Waals surface area contributed by atoms with Crippen molar-refractivity contribution >= 4 is 28.3 Å². The van der Waals surface area contributed by atoms with Crippen molar-refractivity contribution in [1.29, 1.82) is 0 Å². The molecule has 1 N–H and O–H groups in total. The van der Waals surface area contributed by atoms with E-state index in [1.165, 1.54) is 6.20 Å². The zero-order chi connectivity index (χ0) is 11.8. The molecule has 3 heterocycles. The van der Waals surface area contributed by atoms with Crippen molar-refractivity contribution in [2.45, 2.75) is 0 Å². The highest BCUT2D eigenvalue weighted by molar-refractivity contribution is 6.34. The lowest BCUT2D eigenvalue weighted by Crippen LogP contribution is -1.94. The van der Waals surface area contributed by atoms with E-state index in [2.05, 4.69) is 19.8 Å². The van der Waals surface area contributed by atoms with Gasteiger partial charge in [-0.2, -0.15) is 0 Å². The van der Waals surface area contributed by atoms with E-state index in [4.69, 9.17) is 18.2 Å². The number of H-pyrrole nitrogens is 1. The van der Waals surface area contributed by atoms with Gasteiger partial charge in [0.2, 0.25) is 5.82 Å². The first kappa shape index (κ1) is 9.87. The number of aromatic amines is 1. The Bertz CT molecular complexity index is 734. The lowest BCUT2D eigenvalue weighted by Gasteiger charge is -1.98. The van der Waals surface area contributed by atoms with Crippen LogP contribution >= 0.6 is 11.6 Å². The summed E-state index contributed by atoms with van der Waals surface area (Å²) in [6, 6.07) is 3.71. The van der Waals surface area contributed by atoms with Gasteiger partial charge in [-0.3, -0.25) is 9.55 Å². The Labute approximate surface area is 102 Å². The number of rotatable bonds is 1. The maximum atomic E-state index is 6.89. The van der Waals surface area contributed by atoms with Crippen LogP contribution in [-0.2, 0) is 0 Å². The summed E-state index contributed by atoms with van der Waals surface area (Å²) in [4.78, 5) is 14.3. The Morgan fingerprint density at radius 1 is 1.35 bits per heavy atom. The number of hydrogen-bond donors (Lipinski definition) is 1. The van der Waals surface area contributed by atoms with Crippen molar-refractivity contribution in [3.05, 3.63) is 47.3 Å². The number of nitrogens with zero attached hydrogens (tertiary/aromatic N) is 4. The van der Waals surface area contributed by atoms with E-state index < -0.39 is 0 Å². The zero-order valence-corrected chi connectivity index (χ0v) is 9.31. The number of halogens is 1. The third-order valence-corrected chi connectivity index (χ3v) is 2.77. The maximum Gasteiger partial charge on any atom is 0.286 e. The fourth-order valence-corrected chi connectivity index (χ4v) is 1.91. The molecule has 0 bridgehead atoms. The van der Waals surface area contributed by atoms with Crippen LogP contribution in [-0.4, -0.2) is 19.5 Å². The van der Waals surface area contributed by atoms with Gasteiger partial charge in [0, 0.05) is 17.8 Å². The molecule has 17 heavy (non-hydrogen) atoms. The molecule has 0 spiro atoms. The van der Waals surface area contributed by atoms with Gasteiger partial charge in [0.1, 0.15) is 5.15 Å². The van der Waals surface area contributed by atoms with E-state index >= 15 is 0 Å². The minimum Gasteiger partial charge on any atom is -0.363 e. The molecule has 0 aromatic carbocycles. The molecule has 0 aliphatic rings. The third kappa shape index (κ3) is 1.47. The first-order chi connectivity index (χ1) is 8.29. The van der Waals surface area contributed by atoms with Gasteiger partial charge in [-0.05, 0) is 12.1 Å². The standard InChI is InChI=1S/C11H6ClN5/c1-13-9-6-15-11(16-9)17-5-3-7-8(17)2-4-14-10(7)12/h2-6H,(H,15,16). The molecule has 3 rings (SSSR count). The second kappa shape index (κ2) is 3.61. The van der Waals surface area contributed by atoms with Crippen molar-refractivity contribution in [2.75, 3.05) is 0 Å². The van der Waals surface area contributed by atoms with Crippen LogP contribution in [0.25, 0.3) is 21.7 Å². The fourth-order valence-electron chi connectivity index (χ4n) is 1.70. The molecule has 82 valence electrons. The monoisotopic (exact) mass is 243 g/mol. The molecular weight excluding hydrogens is 238 g/mol. The molecule has 0 amide bonds. The fraction of sp³-hybridized carbons (Fsp3) is 0. The van der Waals surface area contributed by atoms with Crippen LogP contribution in [0, 0.1) is 6.57 Å². The summed E-state index contributed by atoms with van der Waals surface area (Å²) in [5.41, 5.74) is 0.899. The largest absolute Gasteiger partial charge is 0.363 e. The highest BCUT2D eigenvalue weighted by atomic mass is 35.5. The highest BCUT2D eigenvalue weighted by Crippen LogP contribution is 2.24. The Hall–Kier alpha value is -2.32. The van der Waals surface area contributed by atoms with Crippen molar-refractivity contribution < 1.29 is 0 Å². The van der Waals surface area contributed by atoms with Gasteiger partial charge in [-0.15, -0.1) is 0 Å². The van der Waals surface area contributed by atoms with Crippen LogP contribution in [0.2, 0.25) is 5.15 Å². The Morgan fingerprint density at radius 3 is 3.00 bits per heavy atom. The van der Waals surface area contributed by atoms with Crippen LogP contribution in [0.5, 0.6) is 0 Å². The van der Waals surface area contributed by atoms with Crippen LogP contribution < -0.4 is 0 Å². The molecule has 6 heteroatoms. The quantitative estimate of drug-likeness (QED) is 0.528. The summed E-state index contributed by atoms with van der Waals surface area (Å²) in [5, 5.41) is 1.31. The molecule has 0 saturated heterocycles. The Morgan fingerprint density at radius 2 is 2.24 bits per heavy atom. The van der Waals surface area contributed by atoms with E-state index in [0.29, 0.717) is 16.9 Å². The van der Waals surface area contributed by atoms with E-state index in [1.54, 1.807) is 6.20 Å². The minimum absolute atomic E-state index is 0.405. The van der Waals surface area contributed by atoms with Crippen molar-refractivity contribution in [2.24, 2.45) is 0 Å². The summed E-state index contributed by atoms with van der Waals surface area (Å²) in [6.07, 6.45) is 4.97. The van der Waals surface area contributed by atoms with Crippen LogP contribution in [0.3, 0.4) is 0 Å². The van der Waals surface area contributed by atoms with Crippen molar-refractivity contribution in [3.63, 3.8) is 0 Å². The highest BCUT2D eigenvalue weighted by Gasteiger charge is 2.10. The second-order valence-electron chi connectivity index (χ2n) is 3.42. The summed E-state index contributed by atoms with van der Waals surface area (Å²) in [7, 11) is 0. The molecule has 5 nitrogen and oxygen atoms in total. The molecule has 3 aromatic heterocycles. The maximum absolute atomic E-state index is 6.89. The molecule has 0 aliphatic heterocycles. The number of fused-ring (bicyclic) bond motifs is 1. The van der Waals surface area contributed by atoms with Gasteiger partial charge in [0.25, 0.3) is 5.95 Å². The summed E-state index contributed by atoms with van der Waals surface area (Å²) in [6.45, 7) is 6.89. The van der Waals surface area contributed by atoms with Gasteiger partial charge in [-0.1, -0.05) is 18.2 Å². The van der Waals surface area contributed by atoms with Crippen LogP contribution in [0.4, 0.5) is 5.82 Å². The number of hydrogen-bond acceptors (Lipinski definition) is 2. The first-order valence-electron chi connectivity index (χ1n) is 4.84. The van der Waals surface area contributed by atoms with E-state index in [1.807, 2.05) is 22.9 Å². The van der Waals surface area contributed by atoms with Gasteiger partial charge >= 0.3 is 0 Å². The lowest BCUT2D eigenvalue weighted by molar-refractivity contribution is 1.01. The lowest BCUT2D eigenvalue weighted by atomic mass is 10.3. The van der Waals surface area contributed by atoms with Crippen molar-refractivity contribution in [3.8, 4) is 5.95 Å². The number of pyridine rings is 1. The smallest absolute Gasteiger partial charge is 0.286 e. The molecule has 0 fully saturated rings. The molecule has 0 unspecified atom stereocenters. The van der Waals surface area contributed by atoms with E-state index in [-0.39, 0.29) is 0 Å². The normalized spacial score (nSPS) is 10.6. The van der Waals surface area contributed by atoms with Gasteiger partial charge in [0.05, 0.1) is 11.7 Å². The second-order valence-corrected chi connectivity index (χ2v) is 3.78. The van der Waals surface area contributed by atoms with Gasteiger partial charge < -0.3 is 4.85 Å². The predicted octanol–water partition coefficient (Wildman–Crippen LogP) is 2.95. The van der Waals surface area contributed by atoms with E-state index in [0.717, 1.165) is 10.9 Å². The van der Waals surface area contributed by atoms with E-state index in [9.17, 15) is 0 Å². The minimum atomic E-state index is 0.405. The average molecular weight is 244 g/mol. The Balaban J connectivity index is 2.25. The molecule has 0 radical (unpaired) electrons.